The Kier molecular flexibility index (Phi) is 4.09. The van der Waals surface area contributed by atoms with Gasteiger partial charge in [-0.3, -0.25) is 0 Å². The van der Waals surface area contributed by atoms with Gasteiger partial charge in [-0.25, -0.2) is 9.78 Å². The standard InChI is InChI=1S/C11H15NO3/c1-3-4-5-15-10-9(11(13)14)6-8(2)7-12-10/h6-7H,3-5H2,1-2H3,(H,13,14). The van der Waals surface area contributed by atoms with Crippen molar-refractivity contribution in [1.29, 1.82) is 0 Å². The van der Waals surface area contributed by atoms with Crippen molar-refractivity contribution in [3.63, 3.8) is 0 Å². The molecule has 15 heavy (non-hydrogen) atoms. The summed E-state index contributed by atoms with van der Waals surface area (Å²) >= 11 is 0. The molecule has 0 saturated heterocycles. The Balaban J connectivity index is 2.81. The van der Waals surface area contributed by atoms with Gasteiger partial charge in [0, 0.05) is 6.20 Å². The molecular formula is C11H15NO3. The van der Waals surface area contributed by atoms with Crippen LogP contribution in [0.25, 0.3) is 0 Å². The van der Waals surface area contributed by atoms with Crippen LogP contribution in [-0.2, 0) is 0 Å². The topological polar surface area (TPSA) is 59.4 Å². The zero-order valence-electron chi connectivity index (χ0n) is 8.99. The van der Waals surface area contributed by atoms with Crippen LogP contribution in [0.5, 0.6) is 5.88 Å². The van der Waals surface area contributed by atoms with Gasteiger partial charge in [-0.1, -0.05) is 13.3 Å². The van der Waals surface area contributed by atoms with Gasteiger partial charge in [-0.15, -0.1) is 0 Å². The van der Waals surface area contributed by atoms with E-state index in [1.807, 2.05) is 6.92 Å². The number of aromatic nitrogens is 1. The molecule has 1 heterocycles. The van der Waals surface area contributed by atoms with Crippen molar-refractivity contribution in [3.8, 4) is 5.88 Å². The van der Waals surface area contributed by atoms with E-state index in [0.717, 1.165) is 18.4 Å². The maximum absolute atomic E-state index is 10.9. The maximum atomic E-state index is 10.9. The van der Waals surface area contributed by atoms with Crippen LogP contribution in [0.1, 0.15) is 35.7 Å². The molecule has 0 amide bonds. The van der Waals surface area contributed by atoms with E-state index in [1.165, 1.54) is 0 Å². The Morgan fingerprint density at radius 3 is 2.93 bits per heavy atom. The van der Waals surface area contributed by atoms with E-state index in [0.29, 0.717) is 6.61 Å². The Hall–Kier alpha value is -1.58. The number of carboxylic acid groups (broad SMARTS) is 1. The van der Waals surface area contributed by atoms with Crippen LogP contribution in [0.2, 0.25) is 0 Å². The molecule has 1 rings (SSSR count). The lowest BCUT2D eigenvalue weighted by atomic mass is 10.2. The van der Waals surface area contributed by atoms with Crippen molar-refractivity contribution < 1.29 is 14.6 Å². The fraction of sp³-hybridized carbons (Fsp3) is 0.455. The Morgan fingerprint density at radius 2 is 2.33 bits per heavy atom. The molecule has 0 aliphatic heterocycles. The highest BCUT2D eigenvalue weighted by atomic mass is 16.5. The molecule has 0 spiro atoms. The number of aryl methyl sites for hydroxylation is 1. The summed E-state index contributed by atoms with van der Waals surface area (Å²) in [6.45, 7) is 4.35. The van der Waals surface area contributed by atoms with Gasteiger partial charge < -0.3 is 9.84 Å². The van der Waals surface area contributed by atoms with E-state index in [4.69, 9.17) is 9.84 Å². The summed E-state index contributed by atoms with van der Waals surface area (Å²) in [5.41, 5.74) is 0.946. The molecule has 4 heteroatoms. The number of ether oxygens (including phenoxy) is 1. The first-order valence-electron chi connectivity index (χ1n) is 4.98. The predicted molar refractivity (Wildman–Crippen MR) is 56.3 cm³/mol. The van der Waals surface area contributed by atoms with Gasteiger partial charge in [-0.2, -0.15) is 0 Å². The van der Waals surface area contributed by atoms with Gasteiger partial charge in [0.2, 0.25) is 5.88 Å². The van der Waals surface area contributed by atoms with Gasteiger partial charge in [0.25, 0.3) is 0 Å². The van der Waals surface area contributed by atoms with Gasteiger partial charge in [-0.05, 0) is 25.0 Å². The molecule has 0 aliphatic rings. The normalized spacial score (nSPS) is 10.0. The minimum atomic E-state index is -1.00. The molecule has 4 nitrogen and oxygen atoms in total. The van der Waals surface area contributed by atoms with Crippen molar-refractivity contribution in [3.05, 3.63) is 23.4 Å². The molecule has 0 aliphatic carbocycles. The minimum absolute atomic E-state index is 0.131. The predicted octanol–water partition coefficient (Wildman–Crippen LogP) is 2.27. The molecule has 82 valence electrons. The van der Waals surface area contributed by atoms with Crippen LogP contribution in [-0.4, -0.2) is 22.7 Å². The average molecular weight is 209 g/mol. The summed E-state index contributed by atoms with van der Waals surface area (Å²) in [6, 6.07) is 1.57. The third-order valence-electron chi connectivity index (χ3n) is 1.95. The zero-order chi connectivity index (χ0) is 11.3. The number of carbonyl (C=O) groups is 1. The molecule has 0 radical (unpaired) electrons. The monoisotopic (exact) mass is 209 g/mol. The van der Waals surface area contributed by atoms with E-state index in [2.05, 4.69) is 4.98 Å². The zero-order valence-corrected chi connectivity index (χ0v) is 8.99. The molecule has 0 aromatic carbocycles. The molecule has 0 bridgehead atoms. The van der Waals surface area contributed by atoms with Crippen LogP contribution in [0.4, 0.5) is 0 Å². The van der Waals surface area contributed by atoms with Crippen LogP contribution >= 0.6 is 0 Å². The molecule has 0 unspecified atom stereocenters. The largest absolute Gasteiger partial charge is 0.477 e. The first-order chi connectivity index (χ1) is 7.15. The highest BCUT2D eigenvalue weighted by molar-refractivity contribution is 5.90. The second-order valence-electron chi connectivity index (χ2n) is 3.37. The van der Waals surface area contributed by atoms with Crippen molar-refractivity contribution in [1.82, 2.24) is 4.98 Å². The molecule has 1 aromatic heterocycles. The number of unbranched alkanes of at least 4 members (excludes halogenated alkanes) is 1. The number of nitrogens with zero attached hydrogens (tertiary/aromatic N) is 1. The lowest BCUT2D eigenvalue weighted by Gasteiger charge is -2.07. The van der Waals surface area contributed by atoms with E-state index in [9.17, 15) is 4.79 Å². The molecule has 0 fully saturated rings. The van der Waals surface area contributed by atoms with Gasteiger partial charge >= 0.3 is 5.97 Å². The summed E-state index contributed by atoms with van der Waals surface area (Å²) in [4.78, 5) is 14.9. The van der Waals surface area contributed by atoms with Crippen molar-refractivity contribution >= 4 is 5.97 Å². The first-order valence-corrected chi connectivity index (χ1v) is 4.98. The second kappa shape index (κ2) is 5.34. The SMILES string of the molecule is CCCCOc1ncc(C)cc1C(=O)O. The first kappa shape index (κ1) is 11.5. The van der Waals surface area contributed by atoms with Crippen LogP contribution in [0, 0.1) is 6.92 Å². The lowest BCUT2D eigenvalue weighted by Crippen LogP contribution is -2.06. The Bertz CT molecular complexity index is 350. The third-order valence-corrected chi connectivity index (χ3v) is 1.95. The van der Waals surface area contributed by atoms with E-state index >= 15 is 0 Å². The molecule has 1 N–H and O–H groups in total. The summed E-state index contributed by atoms with van der Waals surface area (Å²) in [5.74, 6) is -0.792. The highest BCUT2D eigenvalue weighted by Gasteiger charge is 2.12. The van der Waals surface area contributed by atoms with Crippen molar-refractivity contribution in [2.45, 2.75) is 26.7 Å². The molecule has 0 saturated carbocycles. The summed E-state index contributed by atoms with van der Waals surface area (Å²) in [6.07, 6.45) is 3.51. The highest BCUT2D eigenvalue weighted by Crippen LogP contribution is 2.16. The van der Waals surface area contributed by atoms with Crippen molar-refractivity contribution in [2.75, 3.05) is 6.61 Å². The maximum Gasteiger partial charge on any atom is 0.341 e. The number of pyridine rings is 1. The third kappa shape index (κ3) is 3.23. The summed E-state index contributed by atoms with van der Waals surface area (Å²) in [7, 11) is 0. The molecule has 0 atom stereocenters. The van der Waals surface area contributed by atoms with Crippen LogP contribution < -0.4 is 4.74 Å². The minimum Gasteiger partial charge on any atom is -0.477 e. The number of hydrogen-bond donors (Lipinski definition) is 1. The fourth-order valence-corrected chi connectivity index (χ4v) is 1.14. The number of carboxylic acids is 1. The van der Waals surface area contributed by atoms with E-state index in [-0.39, 0.29) is 11.4 Å². The number of aromatic carboxylic acids is 1. The molecular weight excluding hydrogens is 194 g/mol. The van der Waals surface area contributed by atoms with Gasteiger partial charge in [0.15, 0.2) is 0 Å². The van der Waals surface area contributed by atoms with E-state index in [1.54, 1.807) is 19.2 Å². The summed E-state index contributed by atoms with van der Waals surface area (Å²) < 4.78 is 5.30. The van der Waals surface area contributed by atoms with Crippen LogP contribution in [0.3, 0.4) is 0 Å². The lowest BCUT2D eigenvalue weighted by molar-refractivity contribution is 0.0691. The number of rotatable bonds is 5. The number of hydrogen-bond acceptors (Lipinski definition) is 3. The molecule has 1 aromatic rings. The average Bonchev–Trinajstić information content (AvgIpc) is 2.20. The van der Waals surface area contributed by atoms with E-state index < -0.39 is 5.97 Å². The van der Waals surface area contributed by atoms with Gasteiger partial charge in [0.1, 0.15) is 5.56 Å². The van der Waals surface area contributed by atoms with Crippen LogP contribution in [0.15, 0.2) is 12.3 Å². The smallest absolute Gasteiger partial charge is 0.341 e. The van der Waals surface area contributed by atoms with Gasteiger partial charge in [0.05, 0.1) is 6.61 Å². The fourth-order valence-electron chi connectivity index (χ4n) is 1.14. The Labute approximate surface area is 88.9 Å². The van der Waals surface area contributed by atoms with Crippen molar-refractivity contribution in [2.24, 2.45) is 0 Å². The quantitative estimate of drug-likeness (QED) is 0.756. The second-order valence-corrected chi connectivity index (χ2v) is 3.37. The summed E-state index contributed by atoms with van der Waals surface area (Å²) in [5, 5.41) is 8.93. The Morgan fingerprint density at radius 1 is 1.60 bits per heavy atom.